The zero-order valence-corrected chi connectivity index (χ0v) is 13.4. The molecule has 0 spiro atoms. The number of amides is 4. The summed E-state index contributed by atoms with van der Waals surface area (Å²) in [5.74, 6) is -1.54. The lowest BCUT2D eigenvalue weighted by Gasteiger charge is -2.15. The third kappa shape index (κ3) is 3.98. The first-order chi connectivity index (χ1) is 11.2. The second-order valence-corrected chi connectivity index (χ2v) is 6.83. The van der Waals surface area contributed by atoms with Crippen LogP contribution in [-0.4, -0.2) is 55.0 Å². The van der Waals surface area contributed by atoms with Gasteiger partial charge in [-0.15, -0.1) is 0 Å². The quantitative estimate of drug-likeness (QED) is 0.773. The van der Waals surface area contributed by atoms with E-state index in [2.05, 4.69) is 4.84 Å². The number of hydrogen-bond acceptors (Lipinski definition) is 6. The fraction of sp³-hybridized carbons (Fsp3) is 0.308. The van der Waals surface area contributed by atoms with Gasteiger partial charge < -0.3 is 4.84 Å². The maximum atomic E-state index is 13.4. The number of sulfonamides is 1. The van der Waals surface area contributed by atoms with Gasteiger partial charge in [0.25, 0.3) is 0 Å². The molecule has 1 aromatic carbocycles. The fourth-order valence-corrected chi connectivity index (χ4v) is 2.80. The van der Waals surface area contributed by atoms with Crippen LogP contribution in [0.2, 0.25) is 0 Å². The van der Waals surface area contributed by atoms with E-state index >= 15 is 0 Å². The van der Waals surface area contributed by atoms with Crippen molar-refractivity contribution in [1.82, 2.24) is 14.7 Å². The van der Waals surface area contributed by atoms with Crippen LogP contribution in [0.15, 0.2) is 24.3 Å². The van der Waals surface area contributed by atoms with Crippen LogP contribution >= 0.6 is 0 Å². The Kier molecular flexibility index (Phi) is 5.02. The van der Waals surface area contributed by atoms with E-state index in [1.165, 1.54) is 24.3 Å². The van der Waals surface area contributed by atoms with Gasteiger partial charge in [-0.3, -0.25) is 0 Å². The summed E-state index contributed by atoms with van der Waals surface area (Å²) in [6.45, 7) is -0.364. The zero-order chi connectivity index (χ0) is 17.9. The number of imide groups is 1. The molecule has 1 heterocycles. The van der Waals surface area contributed by atoms with Gasteiger partial charge in [0, 0.05) is 0 Å². The van der Waals surface area contributed by atoms with Crippen molar-refractivity contribution in [3.63, 3.8) is 0 Å². The first-order valence-corrected chi connectivity index (χ1v) is 8.57. The van der Waals surface area contributed by atoms with Crippen molar-refractivity contribution in [2.45, 2.75) is 6.42 Å². The van der Waals surface area contributed by atoms with Gasteiger partial charge in [0.2, 0.25) is 10.0 Å². The second kappa shape index (κ2) is 6.83. The van der Waals surface area contributed by atoms with E-state index in [-0.39, 0.29) is 18.7 Å². The third-order valence-electron chi connectivity index (χ3n) is 3.16. The van der Waals surface area contributed by atoms with Crippen molar-refractivity contribution in [3.05, 3.63) is 35.6 Å². The molecule has 24 heavy (non-hydrogen) atoms. The Hall–Kier alpha value is -2.69. The van der Waals surface area contributed by atoms with E-state index in [0.717, 1.165) is 6.26 Å². The summed E-state index contributed by atoms with van der Waals surface area (Å²) in [5.41, 5.74) is 1.82. The SMILES string of the molecule is CS(=O)(=O)N1CCN(C(=O)NOC(=O)Cc2ccccc2F)C1=O. The first kappa shape index (κ1) is 17.7. The molecular formula is C13H14FN3O6S. The van der Waals surface area contributed by atoms with E-state index in [0.29, 0.717) is 9.21 Å². The number of halogens is 1. The van der Waals surface area contributed by atoms with Crippen LogP contribution in [0.25, 0.3) is 0 Å². The molecule has 0 unspecified atom stereocenters. The number of hydroxylamine groups is 1. The van der Waals surface area contributed by atoms with Gasteiger partial charge in [-0.25, -0.2) is 36.4 Å². The van der Waals surface area contributed by atoms with E-state index in [9.17, 15) is 27.2 Å². The summed E-state index contributed by atoms with van der Waals surface area (Å²) < 4.78 is 36.6. The molecule has 130 valence electrons. The predicted molar refractivity (Wildman–Crippen MR) is 78.4 cm³/mol. The highest BCUT2D eigenvalue weighted by atomic mass is 32.2. The Bertz CT molecular complexity index is 782. The van der Waals surface area contributed by atoms with Crippen LogP contribution < -0.4 is 5.48 Å². The van der Waals surface area contributed by atoms with Crippen molar-refractivity contribution in [1.29, 1.82) is 0 Å². The molecule has 1 fully saturated rings. The summed E-state index contributed by atoms with van der Waals surface area (Å²) in [5, 5.41) is 0. The van der Waals surface area contributed by atoms with Crippen LogP contribution in [0.1, 0.15) is 5.56 Å². The monoisotopic (exact) mass is 359 g/mol. The van der Waals surface area contributed by atoms with Gasteiger partial charge in [-0.1, -0.05) is 18.2 Å². The van der Waals surface area contributed by atoms with Gasteiger partial charge in [0.1, 0.15) is 5.82 Å². The third-order valence-corrected chi connectivity index (χ3v) is 4.30. The molecule has 1 aliphatic heterocycles. The molecule has 1 saturated heterocycles. The predicted octanol–water partition coefficient (Wildman–Crippen LogP) is 0.233. The van der Waals surface area contributed by atoms with Gasteiger partial charge in [-0.2, -0.15) is 5.48 Å². The van der Waals surface area contributed by atoms with E-state index in [4.69, 9.17) is 0 Å². The molecule has 1 aromatic rings. The Balaban J connectivity index is 1.89. The molecule has 4 amide bonds. The van der Waals surface area contributed by atoms with Crippen molar-refractivity contribution < 1.29 is 32.0 Å². The zero-order valence-electron chi connectivity index (χ0n) is 12.6. The minimum atomic E-state index is -3.78. The summed E-state index contributed by atoms with van der Waals surface area (Å²) in [4.78, 5) is 40.2. The van der Waals surface area contributed by atoms with Crippen LogP contribution in [0.4, 0.5) is 14.0 Å². The molecule has 11 heteroatoms. The molecule has 0 radical (unpaired) electrons. The molecule has 0 atom stereocenters. The average Bonchev–Trinajstić information content (AvgIpc) is 2.89. The Labute approximate surface area is 137 Å². The normalized spacial score (nSPS) is 14.7. The van der Waals surface area contributed by atoms with Crippen molar-refractivity contribution in [2.75, 3.05) is 19.3 Å². The lowest BCUT2D eigenvalue weighted by atomic mass is 10.1. The highest BCUT2D eigenvalue weighted by Crippen LogP contribution is 2.12. The summed E-state index contributed by atoms with van der Waals surface area (Å²) in [7, 11) is -3.78. The number of benzene rings is 1. The van der Waals surface area contributed by atoms with Crippen molar-refractivity contribution in [2.24, 2.45) is 0 Å². The number of nitrogens with one attached hydrogen (secondary N) is 1. The van der Waals surface area contributed by atoms with Crippen LogP contribution in [0.3, 0.4) is 0 Å². The molecule has 0 bridgehead atoms. The van der Waals surface area contributed by atoms with E-state index < -0.39 is 40.3 Å². The van der Waals surface area contributed by atoms with E-state index in [1.807, 2.05) is 0 Å². The van der Waals surface area contributed by atoms with Crippen LogP contribution in [0, 0.1) is 5.82 Å². The maximum Gasteiger partial charge on any atom is 0.358 e. The number of hydrogen-bond donors (Lipinski definition) is 1. The first-order valence-electron chi connectivity index (χ1n) is 6.72. The van der Waals surface area contributed by atoms with Crippen LogP contribution in [-0.2, 0) is 26.1 Å². The Morgan fingerprint density at radius 1 is 1.29 bits per heavy atom. The molecule has 0 aromatic heterocycles. The summed E-state index contributed by atoms with van der Waals surface area (Å²) in [6, 6.07) is 3.41. The Morgan fingerprint density at radius 3 is 2.54 bits per heavy atom. The lowest BCUT2D eigenvalue weighted by molar-refractivity contribution is -0.148. The lowest BCUT2D eigenvalue weighted by Crippen LogP contribution is -2.44. The van der Waals surface area contributed by atoms with Gasteiger partial charge >= 0.3 is 18.0 Å². The standard InChI is InChI=1S/C13H14FN3O6S/c1-24(21,22)17-7-6-16(13(17)20)12(19)15-23-11(18)8-9-4-2-3-5-10(9)14/h2-5H,6-8H2,1H3,(H,15,19). The number of carbonyl (C=O) groups excluding carboxylic acids is 3. The number of carbonyl (C=O) groups is 3. The number of nitrogens with zero attached hydrogens (tertiary/aromatic N) is 2. The van der Waals surface area contributed by atoms with Crippen molar-refractivity contribution >= 4 is 28.1 Å². The highest BCUT2D eigenvalue weighted by molar-refractivity contribution is 7.88. The van der Waals surface area contributed by atoms with E-state index in [1.54, 1.807) is 5.48 Å². The van der Waals surface area contributed by atoms with Crippen molar-refractivity contribution in [3.8, 4) is 0 Å². The minimum Gasteiger partial charge on any atom is -0.339 e. The molecule has 1 aliphatic rings. The maximum absolute atomic E-state index is 13.4. The summed E-state index contributed by atoms with van der Waals surface area (Å²) in [6.07, 6.45) is 0.414. The topological polar surface area (TPSA) is 113 Å². The smallest absolute Gasteiger partial charge is 0.339 e. The Morgan fingerprint density at radius 2 is 1.96 bits per heavy atom. The van der Waals surface area contributed by atoms with Crippen LogP contribution in [0.5, 0.6) is 0 Å². The molecule has 0 saturated carbocycles. The van der Waals surface area contributed by atoms with Gasteiger partial charge in [0.05, 0.1) is 25.8 Å². The van der Waals surface area contributed by atoms with Gasteiger partial charge in [0.15, 0.2) is 0 Å². The minimum absolute atomic E-state index is 0.0808. The molecule has 1 N–H and O–H groups in total. The highest BCUT2D eigenvalue weighted by Gasteiger charge is 2.38. The second-order valence-electron chi connectivity index (χ2n) is 4.92. The molecule has 9 nitrogen and oxygen atoms in total. The molecule has 2 rings (SSSR count). The number of rotatable bonds is 3. The van der Waals surface area contributed by atoms with Gasteiger partial charge in [-0.05, 0) is 11.6 Å². The number of urea groups is 2. The summed E-state index contributed by atoms with van der Waals surface area (Å²) >= 11 is 0. The average molecular weight is 359 g/mol. The fourth-order valence-electron chi connectivity index (χ4n) is 2.00. The largest absolute Gasteiger partial charge is 0.358 e. The molecular weight excluding hydrogens is 345 g/mol. The molecule has 0 aliphatic carbocycles.